The summed E-state index contributed by atoms with van der Waals surface area (Å²) in [6.45, 7) is 6.97. The zero-order valence-electron chi connectivity index (χ0n) is 10.2. The molecule has 0 radical (unpaired) electrons. The van der Waals surface area contributed by atoms with Crippen LogP contribution in [0.2, 0.25) is 0 Å². The monoisotopic (exact) mass is 206 g/mol. The van der Waals surface area contributed by atoms with Gasteiger partial charge < -0.3 is 0 Å². The highest BCUT2D eigenvalue weighted by Crippen LogP contribution is 2.49. The van der Waals surface area contributed by atoms with Crippen molar-refractivity contribution in [2.45, 2.75) is 52.9 Å². The fourth-order valence-electron chi connectivity index (χ4n) is 3.16. The Kier molecular flexibility index (Phi) is 2.52. The predicted molar refractivity (Wildman–Crippen MR) is 62.6 cm³/mol. The summed E-state index contributed by atoms with van der Waals surface area (Å²) < 4.78 is 0. The molecule has 0 aromatic carbocycles. The summed E-state index contributed by atoms with van der Waals surface area (Å²) in [7, 11) is 0. The van der Waals surface area contributed by atoms with Crippen molar-refractivity contribution in [1.29, 1.82) is 0 Å². The van der Waals surface area contributed by atoms with E-state index in [0.29, 0.717) is 11.2 Å². The molecule has 2 rings (SSSR count). The molecule has 1 spiro atoms. The second-order valence-electron chi connectivity index (χ2n) is 6.39. The third-order valence-corrected chi connectivity index (χ3v) is 4.47. The van der Waals surface area contributed by atoms with Gasteiger partial charge >= 0.3 is 0 Å². The molecule has 0 heterocycles. The van der Waals surface area contributed by atoms with Crippen molar-refractivity contribution >= 4 is 5.78 Å². The van der Waals surface area contributed by atoms with Crippen LogP contribution in [-0.2, 0) is 4.79 Å². The maximum absolute atomic E-state index is 11.8. The van der Waals surface area contributed by atoms with E-state index in [-0.39, 0.29) is 5.41 Å². The van der Waals surface area contributed by atoms with E-state index in [2.05, 4.69) is 26.8 Å². The van der Waals surface area contributed by atoms with E-state index in [1.54, 1.807) is 6.08 Å². The van der Waals surface area contributed by atoms with Gasteiger partial charge in [-0.15, -0.1) is 0 Å². The Morgan fingerprint density at radius 1 is 1.27 bits per heavy atom. The largest absolute Gasteiger partial charge is 0.294 e. The molecule has 0 unspecified atom stereocenters. The molecule has 1 nitrogen and oxygen atoms in total. The lowest BCUT2D eigenvalue weighted by Gasteiger charge is -2.41. The van der Waals surface area contributed by atoms with Crippen molar-refractivity contribution in [2.75, 3.05) is 0 Å². The summed E-state index contributed by atoms with van der Waals surface area (Å²) in [5, 5.41) is 0. The molecule has 0 aliphatic heterocycles. The summed E-state index contributed by atoms with van der Waals surface area (Å²) in [6, 6.07) is 0. The molecule has 1 saturated carbocycles. The number of carbonyl (C=O) groups excluding carboxylic acids is 1. The van der Waals surface area contributed by atoms with Gasteiger partial charge in [0.1, 0.15) is 0 Å². The van der Waals surface area contributed by atoms with Gasteiger partial charge in [-0.3, -0.25) is 4.79 Å². The fourth-order valence-corrected chi connectivity index (χ4v) is 3.16. The lowest BCUT2D eigenvalue weighted by Crippen LogP contribution is -2.35. The van der Waals surface area contributed by atoms with E-state index in [4.69, 9.17) is 0 Å². The molecule has 0 saturated heterocycles. The van der Waals surface area contributed by atoms with Crippen molar-refractivity contribution in [1.82, 2.24) is 0 Å². The highest BCUT2D eigenvalue weighted by atomic mass is 16.1. The molecule has 1 heteroatoms. The van der Waals surface area contributed by atoms with Gasteiger partial charge in [0.15, 0.2) is 5.78 Å². The van der Waals surface area contributed by atoms with Crippen LogP contribution in [0.3, 0.4) is 0 Å². The summed E-state index contributed by atoms with van der Waals surface area (Å²) in [5.41, 5.74) is 0.443. The first kappa shape index (κ1) is 10.9. The molecule has 84 valence electrons. The molecule has 0 atom stereocenters. The van der Waals surface area contributed by atoms with E-state index in [9.17, 15) is 4.79 Å². The van der Waals surface area contributed by atoms with Gasteiger partial charge in [0, 0.05) is 5.41 Å². The zero-order chi connectivity index (χ0) is 11.1. The van der Waals surface area contributed by atoms with Crippen molar-refractivity contribution < 1.29 is 4.79 Å². The minimum absolute atomic E-state index is 0.0295. The Hall–Kier alpha value is -0.590. The maximum Gasteiger partial charge on any atom is 0.161 e. The Morgan fingerprint density at radius 3 is 2.27 bits per heavy atom. The molecule has 1 fully saturated rings. The van der Waals surface area contributed by atoms with Gasteiger partial charge in [-0.05, 0) is 49.5 Å². The molecule has 0 aromatic rings. The molecule has 0 amide bonds. The topological polar surface area (TPSA) is 17.1 Å². The number of hydrogen-bond acceptors (Lipinski definition) is 1. The van der Waals surface area contributed by atoms with Crippen LogP contribution in [0.25, 0.3) is 0 Å². The first-order valence-electron chi connectivity index (χ1n) is 6.15. The standard InChI is InChI=1S/C14H22O/c1-13(2,3)11-6-9-14(10-7-11)8-4-5-12(14)15/h4-5,11H,6-10H2,1-3H3. The van der Waals surface area contributed by atoms with Gasteiger partial charge in [0.2, 0.25) is 0 Å². The van der Waals surface area contributed by atoms with Gasteiger partial charge in [-0.1, -0.05) is 26.8 Å². The van der Waals surface area contributed by atoms with Crippen molar-refractivity contribution in [2.24, 2.45) is 16.7 Å². The van der Waals surface area contributed by atoms with Crippen LogP contribution in [-0.4, -0.2) is 5.78 Å². The summed E-state index contributed by atoms with van der Waals surface area (Å²) in [4.78, 5) is 11.8. The van der Waals surface area contributed by atoms with E-state index < -0.39 is 0 Å². The lowest BCUT2D eigenvalue weighted by molar-refractivity contribution is -0.125. The van der Waals surface area contributed by atoms with Crippen LogP contribution in [0.4, 0.5) is 0 Å². The Bertz CT molecular complexity index is 285. The van der Waals surface area contributed by atoms with Crippen molar-refractivity contribution in [3.05, 3.63) is 12.2 Å². The van der Waals surface area contributed by atoms with Gasteiger partial charge in [-0.2, -0.15) is 0 Å². The van der Waals surface area contributed by atoms with Gasteiger partial charge in [0.25, 0.3) is 0 Å². The predicted octanol–water partition coefficient (Wildman–Crippen LogP) is 3.74. The Labute approximate surface area is 92.9 Å². The number of ketones is 1. The van der Waals surface area contributed by atoms with Crippen LogP contribution >= 0.6 is 0 Å². The Balaban J connectivity index is 2.01. The number of carbonyl (C=O) groups is 1. The van der Waals surface area contributed by atoms with Gasteiger partial charge in [0.05, 0.1) is 0 Å². The summed E-state index contributed by atoms with van der Waals surface area (Å²) >= 11 is 0. The minimum atomic E-state index is 0.0295. The number of hydrogen-bond donors (Lipinski definition) is 0. The molecule has 2 aliphatic rings. The third kappa shape index (κ3) is 1.89. The van der Waals surface area contributed by atoms with Crippen molar-refractivity contribution in [3.63, 3.8) is 0 Å². The molecule has 2 aliphatic carbocycles. The molecule has 0 aromatic heterocycles. The normalized spacial score (nSPS) is 36.5. The van der Waals surface area contributed by atoms with Crippen LogP contribution in [0.15, 0.2) is 12.2 Å². The van der Waals surface area contributed by atoms with E-state index >= 15 is 0 Å². The van der Waals surface area contributed by atoms with Crippen LogP contribution < -0.4 is 0 Å². The summed E-state index contributed by atoms with van der Waals surface area (Å²) in [5.74, 6) is 1.20. The van der Waals surface area contributed by atoms with Crippen molar-refractivity contribution in [3.8, 4) is 0 Å². The quantitative estimate of drug-likeness (QED) is 0.590. The second kappa shape index (κ2) is 3.47. The number of allylic oxidation sites excluding steroid dienone is 2. The first-order chi connectivity index (χ1) is 6.94. The first-order valence-corrected chi connectivity index (χ1v) is 6.15. The molecule has 15 heavy (non-hydrogen) atoms. The smallest absolute Gasteiger partial charge is 0.161 e. The third-order valence-electron chi connectivity index (χ3n) is 4.47. The van der Waals surface area contributed by atoms with E-state index in [1.807, 2.05) is 0 Å². The van der Waals surface area contributed by atoms with E-state index in [1.165, 1.54) is 12.8 Å². The average molecular weight is 206 g/mol. The zero-order valence-corrected chi connectivity index (χ0v) is 10.2. The van der Waals surface area contributed by atoms with Crippen LogP contribution in [0, 0.1) is 16.7 Å². The molecule has 0 bridgehead atoms. The van der Waals surface area contributed by atoms with Crippen LogP contribution in [0.1, 0.15) is 52.9 Å². The highest BCUT2D eigenvalue weighted by molar-refractivity contribution is 5.97. The highest BCUT2D eigenvalue weighted by Gasteiger charge is 2.43. The second-order valence-corrected chi connectivity index (χ2v) is 6.39. The lowest BCUT2D eigenvalue weighted by atomic mass is 9.63. The van der Waals surface area contributed by atoms with E-state index in [0.717, 1.165) is 25.2 Å². The molecular weight excluding hydrogens is 184 g/mol. The fraction of sp³-hybridized carbons (Fsp3) is 0.786. The minimum Gasteiger partial charge on any atom is -0.294 e. The maximum atomic E-state index is 11.8. The SMILES string of the molecule is CC(C)(C)C1CCC2(CC=CC2=O)CC1. The Morgan fingerprint density at radius 2 is 1.87 bits per heavy atom. The number of rotatable bonds is 0. The van der Waals surface area contributed by atoms with Crippen LogP contribution in [0.5, 0.6) is 0 Å². The molecular formula is C14H22O. The summed E-state index contributed by atoms with van der Waals surface area (Å²) in [6.07, 6.45) is 9.56. The average Bonchev–Trinajstić information content (AvgIpc) is 2.48. The van der Waals surface area contributed by atoms with Gasteiger partial charge in [-0.25, -0.2) is 0 Å². The molecule has 0 N–H and O–H groups in total.